The van der Waals surface area contributed by atoms with Crippen molar-refractivity contribution in [3.05, 3.63) is 24.3 Å². The van der Waals surface area contributed by atoms with Crippen LogP contribution < -0.4 is 0 Å². The molecule has 0 spiro atoms. The van der Waals surface area contributed by atoms with Crippen molar-refractivity contribution in [3.63, 3.8) is 0 Å². The van der Waals surface area contributed by atoms with Crippen LogP contribution in [0.4, 0.5) is 0 Å². The Balaban J connectivity index is 5.27. The molecule has 0 aromatic heterocycles. The van der Waals surface area contributed by atoms with Gasteiger partial charge < -0.3 is 33.8 Å². The first kappa shape index (κ1) is 89.5. The van der Waals surface area contributed by atoms with Crippen LogP contribution in [-0.2, 0) is 65.4 Å². The van der Waals surface area contributed by atoms with Gasteiger partial charge in [-0.2, -0.15) is 0 Å². The van der Waals surface area contributed by atoms with E-state index in [9.17, 15) is 43.2 Å². The summed E-state index contributed by atoms with van der Waals surface area (Å²) in [6.45, 7) is 11.7. The van der Waals surface area contributed by atoms with Gasteiger partial charge in [-0.05, 0) is 69.1 Å². The number of unbranched alkanes of at least 4 members (excludes halogenated alkanes) is 34. The van der Waals surface area contributed by atoms with Crippen LogP contribution in [0.15, 0.2) is 24.3 Å². The summed E-state index contributed by atoms with van der Waals surface area (Å²) in [7, 11) is -9.92. The van der Waals surface area contributed by atoms with Crippen LogP contribution in [-0.4, -0.2) is 96.7 Å². The Labute approximate surface area is 561 Å². The van der Waals surface area contributed by atoms with Gasteiger partial charge in [-0.1, -0.05) is 291 Å². The van der Waals surface area contributed by atoms with E-state index in [0.29, 0.717) is 31.6 Å². The second kappa shape index (κ2) is 63.3. The third-order valence-electron chi connectivity index (χ3n) is 16.3. The summed E-state index contributed by atoms with van der Waals surface area (Å²) in [5, 5.41) is 10.6. The Morgan fingerprint density at radius 1 is 0.337 bits per heavy atom. The van der Waals surface area contributed by atoms with E-state index in [1.807, 2.05) is 0 Å². The molecule has 0 aliphatic rings. The number of phosphoric acid groups is 2. The number of esters is 4. The fraction of sp³-hybridized carbons (Fsp3) is 0.890. The quantitative estimate of drug-likeness (QED) is 0.0169. The molecular weight excluding hydrogens is 1210 g/mol. The van der Waals surface area contributed by atoms with E-state index in [2.05, 4.69) is 72.8 Å². The molecule has 0 aliphatic heterocycles. The van der Waals surface area contributed by atoms with Gasteiger partial charge in [0.25, 0.3) is 0 Å². The molecule has 0 aromatic rings. The highest BCUT2D eigenvalue weighted by Gasteiger charge is 2.30. The molecule has 0 radical (unpaired) electrons. The second-order valence-electron chi connectivity index (χ2n) is 27.1. The van der Waals surface area contributed by atoms with E-state index in [1.165, 1.54) is 128 Å². The lowest BCUT2D eigenvalue weighted by Gasteiger charge is -2.21. The van der Waals surface area contributed by atoms with Crippen LogP contribution >= 0.6 is 15.6 Å². The first-order valence-electron chi connectivity index (χ1n) is 37.2. The Morgan fingerprint density at radius 3 is 0.880 bits per heavy atom. The third kappa shape index (κ3) is 66.2. The molecule has 0 aromatic carbocycles. The summed E-state index contributed by atoms with van der Waals surface area (Å²) in [5.41, 5.74) is 0. The van der Waals surface area contributed by atoms with Gasteiger partial charge in [0.15, 0.2) is 12.2 Å². The van der Waals surface area contributed by atoms with E-state index < -0.39 is 97.5 Å². The third-order valence-corrected chi connectivity index (χ3v) is 18.2. The minimum absolute atomic E-state index is 0.0986. The van der Waals surface area contributed by atoms with Gasteiger partial charge in [-0.15, -0.1) is 0 Å². The van der Waals surface area contributed by atoms with Gasteiger partial charge in [-0.3, -0.25) is 37.3 Å². The minimum atomic E-state index is -4.96. The average Bonchev–Trinajstić information content (AvgIpc) is 2.21. The summed E-state index contributed by atoms with van der Waals surface area (Å²) in [6, 6.07) is 0. The molecule has 0 bridgehead atoms. The summed E-state index contributed by atoms with van der Waals surface area (Å²) in [5.74, 6) is 0.0476. The largest absolute Gasteiger partial charge is 0.472 e. The maximum Gasteiger partial charge on any atom is 0.472 e. The SMILES string of the molecule is CCCCCC/C=C\C=C/CCCCCCCC(=O)OC[C@H](COP(=O)(O)OC[C@@H](O)COP(=O)(O)OC[C@@H](COC(=O)CCCCCCCCC(C)C)OC(=O)CCCCCCCCCCCCCCC(C)C)OC(=O)CCCCCCCCCCCCC(C)C. The number of phosphoric ester groups is 2. The molecule has 3 N–H and O–H groups in total. The summed E-state index contributed by atoms with van der Waals surface area (Å²) < 4.78 is 68.3. The molecule has 2 unspecified atom stereocenters. The lowest BCUT2D eigenvalue weighted by atomic mass is 10.0. The molecule has 542 valence electrons. The summed E-state index contributed by atoms with van der Waals surface area (Å²) in [4.78, 5) is 72.6. The Bertz CT molecular complexity index is 1890. The number of carbonyl (C=O) groups excluding carboxylic acids is 4. The zero-order valence-electron chi connectivity index (χ0n) is 59.5. The van der Waals surface area contributed by atoms with Crippen molar-refractivity contribution in [2.75, 3.05) is 39.6 Å². The molecule has 0 saturated heterocycles. The van der Waals surface area contributed by atoms with Gasteiger partial charge in [0.2, 0.25) is 0 Å². The number of aliphatic hydroxyl groups excluding tert-OH is 1. The van der Waals surface area contributed by atoms with Crippen LogP contribution in [0.3, 0.4) is 0 Å². The van der Waals surface area contributed by atoms with Crippen LogP contribution in [0.2, 0.25) is 0 Å². The van der Waals surface area contributed by atoms with E-state index in [0.717, 1.165) is 127 Å². The van der Waals surface area contributed by atoms with Crippen LogP contribution in [0.5, 0.6) is 0 Å². The van der Waals surface area contributed by atoms with Crippen LogP contribution in [0.25, 0.3) is 0 Å². The molecule has 19 heteroatoms. The topological polar surface area (TPSA) is 237 Å². The number of hydrogen-bond acceptors (Lipinski definition) is 15. The van der Waals surface area contributed by atoms with Gasteiger partial charge in [0.1, 0.15) is 19.3 Å². The molecular formula is C73H138O17P2. The molecule has 5 atom stereocenters. The number of aliphatic hydroxyl groups is 1. The predicted octanol–water partition coefficient (Wildman–Crippen LogP) is 20.6. The highest BCUT2D eigenvalue weighted by molar-refractivity contribution is 7.47. The number of allylic oxidation sites excluding steroid dienone is 4. The Hall–Kier alpha value is -2.46. The van der Waals surface area contributed by atoms with E-state index in [-0.39, 0.29) is 25.7 Å². The van der Waals surface area contributed by atoms with Crippen molar-refractivity contribution in [1.82, 2.24) is 0 Å². The fourth-order valence-electron chi connectivity index (χ4n) is 10.5. The zero-order chi connectivity index (χ0) is 68.0. The maximum atomic E-state index is 13.0. The summed E-state index contributed by atoms with van der Waals surface area (Å²) >= 11 is 0. The molecule has 0 saturated carbocycles. The Kier molecular flexibility index (Phi) is 61.6. The zero-order valence-corrected chi connectivity index (χ0v) is 61.3. The summed E-state index contributed by atoms with van der Waals surface area (Å²) in [6.07, 6.45) is 50.9. The van der Waals surface area contributed by atoms with Gasteiger partial charge >= 0.3 is 39.5 Å². The lowest BCUT2D eigenvalue weighted by Crippen LogP contribution is -2.30. The first-order valence-corrected chi connectivity index (χ1v) is 40.2. The Morgan fingerprint density at radius 2 is 0.587 bits per heavy atom. The van der Waals surface area contributed by atoms with E-state index in [4.69, 9.17) is 37.0 Å². The number of hydrogen-bond donors (Lipinski definition) is 3. The molecule has 0 heterocycles. The van der Waals surface area contributed by atoms with Crippen molar-refractivity contribution in [2.45, 2.75) is 362 Å². The van der Waals surface area contributed by atoms with Crippen molar-refractivity contribution in [1.29, 1.82) is 0 Å². The van der Waals surface area contributed by atoms with Crippen LogP contribution in [0.1, 0.15) is 344 Å². The van der Waals surface area contributed by atoms with Crippen molar-refractivity contribution in [3.8, 4) is 0 Å². The van der Waals surface area contributed by atoms with Gasteiger partial charge in [0.05, 0.1) is 26.4 Å². The number of ether oxygens (including phenoxy) is 4. The highest BCUT2D eigenvalue weighted by atomic mass is 31.2. The molecule has 0 aliphatic carbocycles. The van der Waals surface area contributed by atoms with Crippen LogP contribution in [0, 0.1) is 17.8 Å². The highest BCUT2D eigenvalue weighted by Crippen LogP contribution is 2.45. The first-order chi connectivity index (χ1) is 44.2. The van der Waals surface area contributed by atoms with Gasteiger partial charge in [-0.25, -0.2) is 9.13 Å². The van der Waals surface area contributed by atoms with Gasteiger partial charge in [0, 0.05) is 25.7 Å². The fourth-order valence-corrected chi connectivity index (χ4v) is 12.1. The standard InChI is InChI=1S/C73H138O17P2/c1-8-9-10-11-12-13-14-15-16-17-21-27-32-40-47-54-70(75)83-60-68(89-73(78)57-50-43-34-29-24-23-26-31-38-45-52-65(4)5)62-87-91(79,80)85-58-67(74)59-86-92(81,82)88-63-69(61-84-71(76)55-48-41-36-35-39-46-53-66(6)7)90-72(77)56-49-42-33-28-22-19-18-20-25-30-37-44-51-64(2)3/h13-16,64-69,74H,8-12,17-63H2,1-7H3,(H,79,80)(H,81,82)/b14-13-,16-15-/t67-,68-,69-/m1/s1. The van der Waals surface area contributed by atoms with Crippen molar-refractivity contribution < 1.29 is 80.2 Å². The van der Waals surface area contributed by atoms with E-state index >= 15 is 0 Å². The maximum absolute atomic E-state index is 13.0. The lowest BCUT2D eigenvalue weighted by molar-refractivity contribution is -0.161. The normalized spacial score (nSPS) is 14.3. The molecule has 0 amide bonds. The molecule has 0 fully saturated rings. The number of rotatable bonds is 69. The molecule has 92 heavy (non-hydrogen) atoms. The monoisotopic (exact) mass is 1350 g/mol. The smallest absolute Gasteiger partial charge is 0.462 e. The van der Waals surface area contributed by atoms with Crippen molar-refractivity contribution >= 4 is 39.5 Å². The predicted molar refractivity (Wildman–Crippen MR) is 372 cm³/mol. The second-order valence-corrected chi connectivity index (χ2v) is 30.0. The van der Waals surface area contributed by atoms with E-state index in [1.54, 1.807) is 0 Å². The average molecular weight is 1350 g/mol. The van der Waals surface area contributed by atoms with Crippen molar-refractivity contribution in [2.24, 2.45) is 17.8 Å². The molecule has 17 nitrogen and oxygen atoms in total. The molecule has 0 rings (SSSR count). The minimum Gasteiger partial charge on any atom is -0.462 e. The number of carbonyl (C=O) groups is 4.